The summed E-state index contributed by atoms with van der Waals surface area (Å²) in [5.74, 6) is 0.765. The molecule has 0 atom stereocenters. The van der Waals surface area contributed by atoms with Crippen molar-refractivity contribution in [2.24, 2.45) is 0 Å². The maximum atomic E-state index is 13.0. The summed E-state index contributed by atoms with van der Waals surface area (Å²) in [5, 5.41) is 8.71. The Balaban J connectivity index is 2.30. The van der Waals surface area contributed by atoms with Crippen LogP contribution in [0.15, 0.2) is 23.4 Å². The topological polar surface area (TPSA) is 54.5 Å². The standard InChI is InChI=1S/C12H9F3N4S/c1-2-20-11-17-10-9(18-19-11)6-4-3-5-7(8(6)16-10)12(13,14)15/h3-5H,2H2,1H3,(H,16,17,19). The van der Waals surface area contributed by atoms with Crippen molar-refractivity contribution in [2.75, 3.05) is 5.75 Å². The Morgan fingerprint density at radius 3 is 2.75 bits per heavy atom. The zero-order valence-electron chi connectivity index (χ0n) is 10.3. The van der Waals surface area contributed by atoms with Gasteiger partial charge >= 0.3 is 6.18 Å². The fourth-order valence-electron chi connectivity index (χ4n) is 2.01. The Hall–Kier alpha value is -1.83. The van der Waals surface area contributed by atoms with E-state index in [2.05, 4.69) is 20.2 Å². The molecule has 104 valence electrons. The van der Waals surface area contributed by atoms with Crippen molar-refractivity contribution in [3.63, 3.8) is 0 Å². The lowest BCUT2D eigenvalue weighted by molar-refractivity contribution is -0.136. The molecule has 0 saturated carbocycles. The van der Waals surface area contributed by atoms with Gasteiger partial charge in [0.25, 0.3) is 0 Å². The average Bonchev–Trinajstić information content (AvgIpc) is 2.75. The van der Waals surface area contributed by atoms with Crippen LogP contribution in [0.3, 0.4) is 0 Å². The van der Waals surface area contributed by atoms with Crippen molar-refractivity contribution < 1.29 is 13.2 Å². The van der Waals surface area contributed by atoms with E-state index in [1.807, 2.05) is 6.92 Å². The minimum absolute atomic E-state index is 0.00421. The summed E-state index contributed by atoms with van der Waals surface area (Å²) < 4.78 is 38.9. The van der Waals surface area contributed by atoms with E-state index in [-0.39, 0.29) is 5.52 Å². The molecule has 1 N–H and O–H groups in total. The van der Waals surface area contributed by atoms with Crippen molar-refractivity contribution in [1.82, 2.24) is 20.2 Å². The van der Waals surface area contributed by atoms with Crippen molar-refractivity contribution in [1.29, 1.82) is 0 Å². The maximum absolute atomic E-state index is 13.0. The molecule has 0 fully saturated rings. The number of thioether (sulfide) groups is 1. The van der Waals surface area contributed by atoms with Gasteiger partial charge in [0.2, 0.25) is 5.16 Å². The van der Waals surface area contributed by atoms with Crippen LogP contribution in [0, 0.1) is 0 Å². The molecule has 3 rings (SSSR count). The molecule has 0 saturated heterocycles. The lowest BCUT2D eigenvalue weighted by atomic mass is 10.1. The maximum Gasteiger partial charge on any atom is 0.418 e. The van der Waals surface area contributed by atoms with Crippen LogP contribution in [0.2, 0.25) is 0 Å². The third-order valence-electron chi connectivity index (χ3n) is 2.81. The molecule has 0 aliphatic carbocycles. The first-order chi connectivity index (χ1) is 9.50. The Bertz CT molecular complexity index is 781. The van der Waals surface area contributed by atoms with Crippen molar-refractivity contribution in [3.05, 3.63) is 23.8 Å². The number of H-pyrrole nitrogens is 1. The number of halogens is 3. The molecule has 20 heavy (non-hydrogen) atoms. The number of fused-ring (bicyclic) bond motifs is 3. The number of nitrogens with zero attached hydrogens (tertiary/aromatic N) is 3. The van der Waals surface area contributed by atoms with E-state index in [4.69, 9.17) is 0 Å². The summed E-state index contributed by atoms with van der Waals surface area (Å²) >= 11 is 1.38. The van der Waals surface area contributed by atoms with Crippen molar-refractivity contribution >= 4 is 33.8 Å². The van der Waals surface area contributed by atoms with Gasteiger partial charge in [0, 0.05) is 5.39 Å². The zero-order valence-corrected chi connectivity index (χ0v) is 11.1. The smallest absolute Gasteiger partial charge is 0.337 e. The van der Waals surface area contributed by atoms with Gasteiger partial charge in [-0.25, -0.2) is 4.98 Å². The lowest BCUT2D eigenvalue weighted by Gasteiger charge is -2.06. The van der Waals surface area contributed by atoms with Gasteiger partial charge in [0.15, 0.2) is 5.65 Å². The van der Waals surface area contributed by atoms with Gasteiger partial charge in [-0.15, -0.1) is 10.2 Å². The first kappa shape index (κ1) is 13.2. The Morgan fingerprint density at radius 1 is 1.25 bits per heavy atom. The number of benzene rings is 1. The van der Waals surface area contributed by atoms with Gasteiger partial charge in [-0.05, 0) is 11.8 Å². The van der Waals surface area contributed by atoms with Crippen LogP contribution < -0.4 is 0 Å². The third-order valence-corrected chi connectivity index (χ3v) is 3.53. The lowest BCUT2D eigenvalue weighted by Crippen LogP contribution is -2.05. The molecule has 2 aromatic heterocycles. The van der Waals surface area contributed by atoms with Crippen LogP contribution in [0.25, 0.3) is 22.1 Å². The molecule has 0 aliphatic heterocycles. The number of aromatic nitrogens is 4. The molecule has 0 radical (unpaired) electrons. The highest BCUT2D eigenvalue weighted by atomic mass is 32.2. The molecule has 0 spiro atoms. The highest BCUT2D eigenvalue weighted by Crippen LogP contribution is 2.36. The molecule has 8 heteroatoms. The highest BCUT2D eigenvalue weighted by molar-refractivity contribution is 7.99. The van der Waals surface area contributed by atoms with E-state index in [1.54, 1.807) is 6.07 Å². The molecule has 0 aliphatic rings. The summed E-state index contributed by atoms with van der Waals surface area (Å²) in [7, 11) is 0. The average molecular weight is 298 g/mol. The first-order valence-electron chi connectivity index (χ1n) is 5.86. The number of rotatable bonds is 2. The van der Waals surface area contributed by atoms with E-state index in [0.29, 0.717) is 21.7 Å². The molecular weight excluding hydrogens is 289 g/mol. The van der Waals surface area contributed by atoms with Gasteiger partial charge in [-0.1, -0.05) is 30.8 Å². The van der Waals surface area contributed by atoms with Gasteiger partial charge in [0.1, 0.15) is 5.52 Å². The fourth-order valence-corrected chi connectivity index (χ4v) is 2.52. The van der Waals surface area contributed by atoms with Gasteiger partial charge < -0.3 is 4.98 Å². The SMILES string of the molecule is CCSc1nnc2c(n1)[nH]c1c(C(F)(F)F)cccc12. The number of para-hydroxylation sites is 1. The van der Waals surface area contributed by atoms with Crippen LogP contribution in [-0.2, 0) is 6.18 Å². The van der Waals surface area contributed by atoms with Crippen LogP contribution in [-0.4, -0.2) is 25.9 Å². The summed E-state index contributed by atoms with van der Waals surface area (Å²) in [4.78, 5) is 6.90. The second kappa shape index (κ2) is 4.62. The minimum Gasteiger partial charge on any atom is -0.337 e. The van der Waals surface area contributed by atoms with Crippen molar-refractivity contribution in [3.8, 4) is 0 Å². The zero-order chi connectivity index (χ0) is 14.3. The van der Waals surface area contributed by atoms with E-state index in [9.17, 15) is 13.2 Å². The normalized spacial score (nSPS) is 12.4. The monoisotopic (exact) mass is 298 g/mol. The number of hydrogen-bond donors (Lipinski definition) is 1. The molecular formula is C12H9F3N4S. The number of hydrogen-bond acceptors (Lipinski definition) is 4. The van der Waals surface area contributed by atoms with Crippen LogP contribution in [0.4, 0.5) is 13.2 Å². The molecule has 3 aromatic rings. The summed E-state index contributed by atoms with van der Waals surface area (Å²) in [6, 6.07) is 3.97. The Labute approximate surface area is 115 Å². The number of aromatic amines is 1. The van der Waals surface area contributed by atoms with Gasteiger partial charge in [-0.2, -0.15) is 13.2 Å². The number of alkyl halides is 3. The van der Waals surface area contributed by atoms with E-state index >= 15 is 0 Å². The van der Waals surface area contributed by atoms with E-state index < -0.39 is 11.7 Å². The molecule has 0 unspecified atom stereocenters. The van der Waals surface area contributed by atoms with Crippen molar-refractivity contribution in [2.45, 2.75) is 18.3 Å². The molecule has 0 amide bonds. The highest BCUT2D eigenvalue weighted by Gasteiger charge is 2.33. The Morgan fingerprint density at radius 2 is 2.05 bits per heavy atom. The van der Waals surface area contributed by atoms with Crippen LogP contribution in [0.5, 0.6) is 0 Å². The molecule has 1 aromatic carbocycles. The summed E-state index contributed by atoms with van der Waals surface area (Å²) in [6.07, 6.45) is -4.42. The minimum atomic E-state index is -4.42. The first-order valence-corrected chi connectivity index (χ1v) is 6.84. The molecule has 0 bridgehead atoms. The quantitative estimate of drug-likeness (QED) is 0.734. The summed E-state index contributed by atoms with van der Waals surface area (Å²) in [5.41, 5.74) is -0.0517. The predicted octanol–water partition coefficient (Wildman–Crippen LogP) is 3.64. The van der Waals surface area contributed by atoms with Crippen LogP contribution >= 0.6 is 11.8 Å². The second-order valence-electron chi connectivity index (χ2n) is 4.08. The van der Waals surface area contributed by atoms with Gasteiger partial charge in [-0.3, -0.25) is 0 Å². The fraction of sp³-hybridized carbons (Fsp3) is 0.250. The molecule has 2 heterocycles. The van der Waals surface area contributed by atoms with Gasteiger partial charge in [0.05, 0.1) is 11.1 Å². The summed E-state index contributed by atoms with van der Waals surface area (Å²) in [6.45, 7) is 1.94. The van der Waals surface area contributed by atoms with E-state index in [0.717, 1.165) is 11.8 Å². The number of nitrogens with one attached hydrogen (secondary N) is 1. The largest absolute Gasteiger partial charge is 0.418 e. The van der Waals surface area contributed by atoms with E-state index in [1.165, 1.54) is 17.8 Å². The predicted molar refractivity (Wildman–Crippen MR) is 70.6 cm³/mol. The Kier molecular flexibility index (Phi) is 3.04. The second-order valence-corrected chi connectivity index (χ2v) is 5.31. The third kappa shape index (κ3) is 2.09. The molecule has 4 nitrogen and oxygen atoms in total. The van der Waals surface area contributed by atoms with Crippen LogP contribution in [0.1, 0.15) is 12.5 Å².